The van der Waals surface area contributed by atoms with E-state index in [1.807, 2.05) is 0 Å². The van der Waals surface area contributed by atoms with E-state index < -0.39 is 43.0 Å². The van der Waals surface area contributed by atoms with Gasteiger partial charge >= 0.3 is 11.8 Å². The quantitative estimate of drug-likeness (QED) is 0.295. The van der Waals surface area contributed by atoms with E-state index >= 15 is 0 Å². The van der Waals surface area contributed by atoms with Crippen LogP contribution in [0.4, 0.5) is 11.6 Å². The van der Waals surface area contributed by atoms with Gasteiger partial charge in [0.25, 0.3) is 5.69 Å². The molecule has 0 unspecified atom stereocenters. The summed E-state index contributed by atoms with van der Waals surface area (Å²) in [5, 5.41) is 25.5. The molecule has 0 bridgehead atoms. The van der Waals surface area contributed by atoms with Crippen LogP contribution in [0.5, 0.6) is 0 Å². The summed E-state index contributed by atoms with van der Waals surface area (Å²) in [7, 11) is -3.90. The average Bonchev–Trinajstić information content (AvgIpc) is 3.27. The summed E-state index contributed by atoms with van der Waals surface area (Å²) < 4.78 is 30.6. The molecule has 0 aliphatic carbocycles. The van der Waals surface area contributed by atoms with Gasteiger partial charge in [-0.15, -0.1) is 0 Å². The van der Waals surface area contributed by atoms with E-state index in [1.165, 1.54) is 36.4 Å². The molecule has 0 aliphatic heterocycles. The van der Waals surface area contributed by atoms with Crippen LogP contribution < -0.4 is 5.43 Å². The highest BCUT2D eigenvalue weighted by Gasteiger charge is 2.22. The largest absolute Gasteiger partial charge is 0.433 e. The normalized spacial score (nSPS) is 11.7. The molecule has 33 heavy (non-hydrogen) atoms. The Morgan fingerprint density at radius 3 is 2.15 bits per heavy atom. The molecule has 1 aromatic heterocycles. The molecule has 0 saturated carbocycles. The SMILES string of the molecule is Cc1ccc(S(=O)(=O)C/C(=N/NC(=O)c2ccc([N+](=O)[O-])o2)c2ccc([N+](=O)[O-])cc2)cc1. The van der Waals surface area contributed by atoms with Crippen LogP contribution in [-0.4, -0.2) is 35.6 Å². The minimum absolute atomic E-state index is 0.0238. The van der Waals surface area contributed by atoms with Gasteiger partial charge < -0.3 is 4.42 Å². The monoisotopic (exact) mass is 472 g/mol. The molecule has 13 heteroatoms. The molecule has 0 fully saturated rings. The first-order chi connectivity index (χ1) is 15.6. The van der Waals surface area contributed by atoms with Crippen molar-refractivity contribution in [2.75, 3.05) is 5.75 Å². The van der Waals surface area contributed by atoms with Crippen molar-refractivity contribution in [2.45, 2.75) is 11.8 Å². The highest BCUT2D eigenvalue weighted by atomic mass is 32.2. The second kappa shape index (κ2) is 9.40. The van der Waals surface area contributed by atoms with Crippen molar-refractivity contribution in [1.82, 2.24) is 5.43 Å². The molecule has 0 spiro atoms. The Hall–Kier alpha value is -4.39. The van der Waals surface area contributed by atoms with Crippen LogP contribution in [-0.2, 0) is 9.84 Å². The van der Waals surface area contributed by atoms with E-state index in [0.29, 0.717) is 0 Å². The number of carbonyl (C=O) groups excluding carboxylic acids is 1. The zero-order chi connectivity index (χ0) is 24.2. The molecule has 0 atom stereocenters. The molecule has 3 aromatic rings. The number of nitrogens with one attached hydrogen (secondary N) is 1. The Morgan fingerprint density at radius 1 is 0.970 bits per heavy atom. The van der Waals surface area contributed by atoms with Crippen molar-refractivity contribution in [3.05, 3.63) is 97.8 Å². The van der Waals surface area contributed by atoms with Crippen molar-refractivity contribution in [2.24, 2.45) is 5.10 Å². The van der Waals surface area contributed by atoms with Crippen molar-refractivity contribution in [1.29, 1.82) is 0 Å². The highest BCUT2D eigenvalue weighted by Crippen LogP contribution is 2.18. The van der Waals surface area contributed by atoms with Gasteiger partial charge in [0.1, 0.15) is 4.92 Å². The Kier molecular flexibility index (Phi) is 6.63. The van der Waals surface area contributed by atoms with Gasteiger partial charge in [-0.05, 0) is 42.8 Å². The fraction of sp³-hybridized carbons (Fsp3) is 0.100. The molecule has 1 amide bonds. The van der Waals surface area contributed by atoms with Gasteiger partial charge in [0, 0.05) is 12.1 Å². The number of hydrazone groups is 1. The van der Waals surface area contributed by atoms with Crippen LogP contribution in [0.1, 0.15) is 21.7 Å². The summed E-state index contributed by atoms with van der Waals surface area (Å²) in [6, 6.07) is 13.1. The van der Waals surface area contributed by atoms with Crippen molar-refractivity contribution >= 4 is 33.0 Å². The number of hydrogen-bond acceptors (Lipinski definition) is 9. The molecule has 2 aromatic carbocycles. The molecular weight excluding hydrogens is 456 g/mol. The summed E-state index contributed by atoms with van der Waals surface area (Å²) >= 11 is 0. The van der Waals surface area contributed by atoms with Gasteiger partial charge in [-0.1, -0.05) is 17.7 Å². The van der Waals surface area contributed by atoms with E-state index in [4.69, 9.17) is 4.42 Å². The van der Waals surface area contributed by atoms with Crippen LogP contribution in [0.15, 0.2) is 75.1 Å². The summed E-state index contributed by atoms with van der Waals surface area (Å²) in [5.74, 6) is -2.64. The molecule has 1 N–H and O–H groups in total. The lowest BCUT2D eigenvalue weighted by atomic mass is 10.1. The molecule has 0 radical (unpaired) electrons. The molecule has 1 heterocycles. The van der Waals surface area contributed by atoms with E-state index in [-0.39, 0.29) is 21.9 Å². The molecule has 0 aliphatic rings. The lowest BCUT2D eigenvalue weighted by molar-refractivity contribution is -0.402. The minimum Gasteiger partial charge on any atom is -0.395 e. The number of aryl methyl sites for hydroxylation is 1. The average molecular weight is 472 g/mol. The Labute approximate surface area is 186 Å². The fourth-order valence-electron chi connectivity index (χ4n) is 2.69. The zero-order valence-corrected chi connectivity index (χ0v) is 17.8. The first-order valence-electron chi connectivity index (χ1n) is 9.22. The number of non-ortho nitro benzene ring substituents is 1. The number of rotatable bonds is 8. The number of carbonyl (C=O) groups is 1. The van der Waals surface area contributed by atoms with Gasteiger partial charge in [0.05, 0.1) is 27.3 Å². The van der Waals surface area contributed by atoms with Crippen molar-refractivity contribution in [3.63, 3.8) is 0 Å². The number of benzene rings is 2. The fourth-order valence-corrected chi connectivity index (χ4v) is 3.99. The molecule has 170 valence electrons. The second-order valence-corrected chi connectivity index (χ2v) is 8.76. The lowest BCUT2D eigenvalue weighted by Crippen LogP contribution is -2.24. The van der Waals surface area contributed by atoms with Gasteiger partial charge in [0.2, 0.25) is 5.76 Å². The first kappa shape index (κ1) is 23.3. The third-order valence-electron chi connectivity index (χ3n) is 4.41. The zero-order valence-electron chi connectivity index (χ0n) is 17.0. The smallest absolute Gasteiger partial charge is 0.395 e. The van der Waals surface area contributed by atoms with Crippen LogP contribution >= 0.6 is 0 Å². The van der Waals surface area contributed by atoms with E-state index in [1.54, 1.807) is 19.1 Å². The Morgan fingerprint density at radius 2 is 1.61 bits per heavy atom. The lowest BCUT2D eigenvalue weighted by Gasteiger charge is -2.09. The number of nitro benzene ring substituents is 1. The van der Waals surface area contributed by atoms with E-state index in [0.717, 1.165) is 17.7 Å². The van der Waals surface area contributed by atoms with Crippen LogP contribution in [0.3, 0.4) is 0 Å². The van der Waals surface area contributed by atoms with Gasteiger partial charge in [-0.2, -0.15) is 5.10 Å². The third kappa shape index (κ3) is 5.65. The predicted molar refractivity (Wildman–Crippen MR) is 116 cm³/mol. The topological polar surface area (TPSA) is 175 Å². The third-order valence-corrected chi connectivity index (χ3v) is 6.05. The summed E-state index contributed by atoms with van der Waals surface area (Å²) in [6.07, 6.45) is 0. The predicted octanol–water partition coefficient (Wildman–Crippen LogP) is 3.01. The Balaban J connectivity index is 1.93. The van der Waals surface area contributed by atoms with Gasteiger partial charge in [-0.3, -0.25) is 25.0 Å². The number of sulfone groups is 1. The number of nitrogens with zero attached hydrogens (tertiary/aromatic N) is 3. The van der Waals surface area contributed by atoms with Gasteiger partial charge in [-0.25, -0.2) is 13.8 Å². The van der Waals surface area contributed by atoms with Crippen molar-refractivity contribution < 1.29 is 27.5 Å². The number of nitro groups is 2. The number of hydrogen-bond donors (Lipinski definition) is 1. The van der Waals surface area contributed by atoms with Crippen LogP contribution in [0, 0.1) is 27.2 Å². The molecular formula is C20H16N4O8S. The van der Waals surface area contributed by atoms with Gasteiger partial charge in [0.15, 0.2) is 9.84 Å². The van der Waals surface area contributed by atoms with Crippen LogP contribution in [0.25, 0.3) is 0 Å². The van der Waals surface area contributed by atoms with E-state index in [9.17, 15) is 33.4 Å². The molecule has 12 nitrogen and oxygen atoms in total. The summed E-state index contributed by atoms with van der Waals surface area (Å²) in [5.41, 5.74) is 2.85. The minimum atomic E-state index is -3.90. The first-order valence-corrected chi connectivity index (χ1v) is 10.9. The number of amides is 1. The second-order valence-electron chi connectivity index (χ2n) is 6.77. The van der Waals surface area contributed by atoms with E-state index in [2.05, 4.69) is 10.5 Å². The molecule has 0 saturated heterocycles. The summed E-state index contributed by atoms with van der Waals surface area (Å²) in [4.78, 5) is 32.5. The maximum Gasteiger partial charge on any atom is 0.433 e. The maximum atomic E-state index is 12.9. The molecule has 3 rings (SSSR count). The standard InChI is InChI=1S/C20H16N4O8S/c1-13-2-8-16(9-3-13)33(30,31)12-17(14-4-6-15(7-5-14)23(26)27)21-22-20(25)18-10-11-19(32-18)24(28)29/h2-11H,12H2,1H3,(H,22,25)/b21-17-. The Bertz CT molecular complexity index is 1340. The van der Waals surface area contributed by atoms with Crippen molar-refractivity contribution in [3.8, 4) is 0 Å². The highest BCUT2D eigenvalue weighted by molar-refractivity contribution is 7.92. The maximum absolute atomic E-state index is 12.9. The summed E-state index contributed by atoms with van der Waals surface area (Å²) in [6.45, 7) is 1.80. The van der Waals surface area contributed by atoms with Crippen LogP contribution in [0.2, 0.25) is 0 Å². The number of furan rings is 1.